The van der Waals surface area contributed by atoms with Crippen LogP contribution in [0, 0.1) is 6.92 Å². The minimum absolute atomic E-state index is 0.0349. The van der Waals surface area contributed by atoms with Crippen LogP contribution in [-0.4, -0.2) is 28.2 Å². The molecule has 0 radical (unpaired) electrons. The Morgan fingerprint density at radius 2 is 2.05 bits per heavy atom. The smallest absolute Gasteiger partial charge is 0.163 e. The van der Waals surface area contributed by atoms with Crippen molar-refractivity contribution in [3.63, 3.8) is 0 Å². The first-order valence-corrected chi connectivity index (χ1v) is 10.1. The highest BCUT2D eigenvalue weighted by Gasteiger charge is 2.30. The van der Waals surface area contributed by atoms with Crippen molar-refractivity contribution >= 4 is 21.2 Å². The van der Waals surface area contributed by atoms with Gasteiger partial charge in [-0.3, -0.25) is 0 Å². The molecule has 2 aromatic rings. The second-order valence-electron chi connectivity index (χ2n) is 6.13. The van der Waals surface area contributed by atoms with E-state index in [-0.39, 0.29) is 11.5 Å². The summed E-state index contributed by atoms with van der Waals surface area (Å²) >= 11 is 1.52. The topological polar surface area (TPSA) is 77.7 Å². The van der Waals surface area contributed by atoms with Crippen molar-refractivity contribution in [1.82, 2.24) is 19.7 Å². The monoisotopic (exact) mass is 340 g/mol. The highest BCUT2D eigenvalue weighted by atomic mass is 32.2. The Morgan fingerprint density at radius 3 is 2.64 bits per heavy atom. The lowest BCUT2D eigenvalue weighted by atomic mass is 10.2. The third-order valence-electron chi connectivity index (χ3n) is 3.63. The van der Waals surface area contributed by atoms with E-state index in [1.807, 2.05) is 16.9 Å². The third kappa shape index (κ3) is 3.38. The van der Waals surface area contributed by atoms with Crippen LogP contribution in [0.15, 0.2) is 5.38 Å². The Balaban J connectivity index is 1.76. The molecule has 0 N–H and O–H groups in total. The lowest BCUT2D eigenvalue weighted by Crippen LogP contribution is -2.13. The SMILES string of the molecule is Cc1nnc(CS(=O)(=O)Cc2csc(C(C)C)n2)n1C1CC1. The summed E-state index contributed by atoms with van der Waals surface area (Å²) in [5.74, 6) is 1.57. The Kier molecular flexibility index (Phi) is 4.07. The molecule has 0 aromatic carbocycles. The Hall–Kier alpha value is -1.28. The van der Waals surface area contributed by atoms with Gasteiger partial charge in [-0.2, -0.15) is 0 Å². The minimum atomic E-state index is -3.29. The number of sulfone groups is 1. The number of thiazole rings is 1. The van der Waals surface area contributed by atoms with E-state index in [1.165, 1.54) is 11.3 Å². The first-order valence-electron chi connectivity index (χ1n) is 7.41. The van der Waals surface area contributed by atoms with E-state index in [0.717, 1.165) is 23.7 Å². The van der Waals surface area contributed by atoms with E-state index in [4.69, 9.17) is 0 Å². The summed E-state index contributed by atoms with van der Waals surface area (Å²) in [5.41, 5.74) is 0.628. The van der Waals surface area contributed by atoms with Gasteiger partial charge in [0.25, 0.3) is 0 Å². The van der Waals surface area contributed by atoms with Crippen molar-refractivity contribution in [3.05, 3.63) is 27.7 Å². The fourth-order valence-electron chi connectivity index (χ4n) is 2.45. The van der Waals surface area contributed by atoms with Gasteiger partial charge in [0, 0.05) is 17.3 Å². The van der Waals surface area contributed by atoms with E-state index in [9.17, 15) is 8.42 Å². The molecule has 2 aromatic heterocycles. The summed E-state index contributed by atoms with van der Waals surface area (Å²) in [6.07, 6.45) is 2.16. The van der Waals surface area contributed by atoms with E-state index in [1.54, 1.807) is 0 Å². The Morgan fingerprint density at radius 1 is 1.32 bits per heavy atom. The maximum Gasteiger partial charge on any atom is 0.163 e. The largest absolute Gasteiger partial charge is 0.311 e. The molecule has 120 valence electrons. The second kappa shape index (κ2) is 5.73. The molecule has 6 nitrogen and oxygen atoms in total. The van der Waals surface area contributed by atoms with Gasteiger partial charge in [-0.05, 0) is 19.8 Å². The molecule has 1 aliphatic rings. The van der Waals surface area contributed by atoms with Crippen molar-refractivity contribution in [2.45, 2.75) is 57.1 Å². The lowest BCUT2D eigenvalue weighted by molar-refractivity contribution is 0.588. The third-order valence-corrected chi connectivity index (χ3v) is 6.26. The van der Waals surface area contributed by atoms with Gasteiger partial charge in [-0.25, -0.2) is 13.4 Å². The number of rotatable bonds is 6. The summed E-state index contributed by atoms with van der Waals surface area (Å²) in [6.45, 7) is 5.98. The van der Waals surface area contributed by atoms with E-state index >= 15 is 0 Å². The van der Waals surface area contributed by atoms with Gasteiger partial charge >= 0.3 is 0 Å². The van der Waals surface area contributed by atoms with Gasteiger partial charge in [0.05, 0.1) is 16.5 Å². The maximum atomic E-state index is 12.4. The zero-order chi connectivity index (χ0) is 15.9. The van der Waals surface area contributed by atoms with Crippen molar-refractivity contribution in [2.24, 2.45) is 0 Å². The Labute approximate surface area is 134 Å². The van der Waals surface area contributed by atoms with E-state index < -0.39 is 9.84 Å². The maximum absolute atomic E-state index is 12.4. The molecule has 0 saturated heterocycles. The standard InChI is InChI=1S/C14H20N4O2S2/c1-9(2)14-15-11(6-21-14)7-22(19,20)8-13-17-16-10(3)18(13)12-4-5-12/h6,9,12H,4-5,7-8H2,1-3H3. The normalized spacial score (nSPS) is 15.6. The van der Waals surface area contributed by atoms with Crippen LogP contribution in [-0.2, 0) is 21.3 Å². The fourth-order valence-corrected chi connectivity index (χ4v) is 4.68. The van der Waals surface area contributed by atoms with Crippen LogP contribution in [0.4, 0.5) is 0 Å². The average Bonchev–Trinajstić information content (AvgIpc) is 3.03. The molecule has 1 aliphatic carbocycles. The predicted molar refractivity (Wildman–Crippen MR) is 85.6 cm³/mol. The highest BCUT2D eigenvalue weighted by Crippen LogP contribution is 2.36. The molecule has 2 heterocycles. The molecular weight excluding hydrogens is 320 g/mol. The van der Waals surface area contributed by atoms with Gasteiger partial charge in [-0.1, -0.05) is 13.8 Å². The molecule has 0 aliphatic heterocycles. The average molecular weight is 340 g/mol. The summed E-state index contributed by atoms with van der Waals surface area (Å²) in [4.78, 5) is 4.41. The fraction of sp³-hybridized carbons (Fsp3) is 0.643. The highest BCUT2D eigenvalue weighted by molar-refractivity contribution is 7.89. The van der Waals surface area contributed by atoms with Crippen LogP contribution in [0.25, 0.3) is 0 Å². The molecule has 22 heavy (non-hydrogen) atoms. The molecule has 0 unspecified atom stereocenters. The minimum Gasteiger partial charge on any atom is -0.311 e. The number of aryl methyl sites for hydroxylation is 1. The molecule has 1 fully saturated rings. The quantitative estimate of drug-likeness (QED) is 0.808. The predicted octanol–water partition coefficient (Wildman–Crippen LogP) is 2.62. The zero-order valence-corrected chi connectivity index (χ0v) is 14.6. The Bertz CT molecular complexity index is 773. The number of aromatic nitrogens is 4. The number of hydrogen-bond donors (Lipinski definition) is 0. The van der Waals surface area contributed by atoms with Crippen molar-refractivity contribution < 1.29 is 8.42 Å². The van der Waals surface area contributed by atoms with Crippen molar-refractivity contribution in [2.75, 3.05) is 0 Å². The molecule has 1 saturated carbocycles. The van der Waals surface area contributed by atoms with Crippen LogP contribution < -0.4 is 0 Å². The molecule has 3 rings (SSSR count). The number of hydrogen-bond acceptors (Lipinski definition) is 6. The van der Waals surface area contributed by atoms with Crippen LogP contribution in [0.2, 0.25) is 0 Å². The summed E-state index contributed by atoms with van der Waals surface area (Å²) in [7, 11) is -3.29. The van der Waals surface area contributed by atoms with Crippen molar-refractivity contribution in [1.29, 1.82) is 0 Å². The molecule has 0 spiro atoms. The molecule has 0 amide bonds. The lowest BCUT2D eigenvalue weighted by Gasteiger charge is -2.07. The molecule has 0 atom stereocenters. The summed E-state index contributed by atoms with van der Waals surface area (Å²) in [5, 5.41) is 10.9. The van der Waals surface area contributed by atoms with Crippen LogP contribution in [0.5, 0.6) is 0 Å². The van der Waals surface area contributed by atoms with Crippen LogP contribution >= 0.6 is 11.3 Å². The van der Waals surface area contributed by atoms with Crippen LogP contribution in [0.1, 0.15) is 61.0 Å². The summed E-state index contributed by atoms with van der Waals surface area (Å²) in [6, 6.07) is 0.381. The van der Waals surface area contributed by atoms with Gasteiger partial charge < -0.3 is 4.57 Å². The molecule has 8 heteroatoms. The number of nitrogens with zero attached hydrogens (tertiary/aromatic N) is 4. The van der Waals surface area contributed by atoms with E-state index in [0.29, 0.717) is 23.5 Å². The molecule has 0 bridgehead atoms. The molecular formula is C14H20N4O2S2. The van der Waals surface area contributed by atoms with Gasteiger partial charge in [0.1, 0.15) is 17.4 Å². The first kappa shape index (κ1) is 15.6. The van der Waals surface area contributed by atoms with Gasteiger partial charge in [-0.15, -0.1) is 21.5 Å². The summed E-state index contributed by atoms with van der Waals surface area (Å²) < 4.78 is 26.8. The van der Waals surface area contributed by atoms with Crippen molar-refractivity contribution in [3.8, 4) is 0 Å². The zero-order valence-electron chi connectivity index (χ0n) is 13.0. The first-order chi connectivity index (χ1) is 10.4. The second-order valence-corrected chi connectivity index (χ2v) is 9.08. The van der Waals surface area contributed by atoms with Gasteiger partial charge in [0.2, 0.25) is 0 Å². The van der Waals surface area contributed by atoms with Crippen LogP contribution in [0.3, 0.4) is 0 Å². The van der Waals surface area contributed by atoms with E-state index in [2.05, 4.69) is 29.0 Å². The van der Waals surface area contributed by atoms with Gasteiger partial charge in [0.15, 0.2) is 9.84 Å².